The molecule has 0 spiro atoms. The second kappa shape index (κ2) is 4.56. The van der Waals surface area contributed by atoms with Crippen molar-refractivity contribution < 1.29 is 14.3 Å². The van der Waals surface area contributed by atoms with E-state index in [1.54, 1.807) is 0 Å². The van der Waals surface area contributed by atoms with E-state index in [2.05, 4.69) is 0 Å². The van der Waals surface area contributed by atoms with Crippen LogP contribution in [0.4, 0.5) is 0 Å². The normalized spacial score (nSPS) is 14.2. The smallest absolute Gasteiger partial charge is 0.172 e. The zero-order valence-electron chi connectivity index (χ0n) is 9.71. The fraction of sp³-hybridized carbons (Fsp3) is 0.462. The number of hydrogen-bond acceptors (Lipinski definition) is 3. The Morgan fingerprint density at radius 1 is 1.44 bits per heavy atom. The molecule has 3 heteroatoms. The predicted molar refractivity (Wildman–Crippen MR) is 61.4 cm³/mol. The largest absolute Gasteiger partial charge is 0.490 e. The number of ketones is 1. The van der Waals surface area contributed by atoms with Gasteiger partial charge in [-0.15, -0.1) is 0 Å². The van der Waals surface area contributed by atoms with Gasteiger partial charge in [0.2, 0.25) is 0 Å². The van der Waals surface area contributed by atoms with E-state index in [9.17, 15) is 4.79 Å². The highest BCUT2D eigenvalue weighted by Crippen LogP contribution is 2.36. The van der Waals surface area contributed by atoms with Crippen molar-refractivity contribution in [3.05, 3.63) is 23.3 Å². The molecular weight excluding hydrogens is 204 g/mol. The quantitative estimate of drug-likeness (QED) is 0.785. The molecule has 0 saturated heterocycles. The van der Waals surface area contributed by atoms with Crippen LogP contribution in [0.25, 0.3) is 0 Å². The highest BCUT2D eigenvalue weighted by atomic mass is 16.5. The summed E-state index contributed by atoms with van der Waals surface area (Å²) >= 11 is 0. The maximum atomic E-state index is 11.8. The van der Waals surface area contributed by atoms with Crippen LogP contribution >= 0.6 is 0 Å². The molecule has 1 aliphatic rings. The highest BCUT2D eigenvalue weighted by molar-refractivity contribution is 6.01. The number of aryl methyl sites for hydroxylation is 1. The molecule has 0 N–H and O–H groups in total. The molecule has 0 bridgehead atoms. The number of Topliss-reactive ketones (excluding diaryl/α,β-unsaturated/α-hetero) is 1. The van der Waals surface area contributed by atoms with E-state index >= 15 is 0 Å². The molecule has 1 aliphatic heterocycles. The predicted octanol–water partition coefficient (Wildman–Crippen LogP) is 2.75. The SMILES string of the molecule is CCCOc1ccc(C)c2c1OCCC2=O. The van der Waals surface area contributed by atoms with Crippen LogP contribution in [0.5, 0.6) is 11.5 Å². The van der Waals surface area contributed by atoms with E-state index in [0.717, 1.165) is 12.0 Å². The molecule has 1 aromatic carbocycles. The van der Waals surface area contributed by atoms with Crippen LogP contribution < -0.4 is 9.47 Å². The summed E-state index contributed by atoms with van der Waals surface area (Å²) in [4.78, 5) is 11.8. The fourth-order valence-electron chi connectivity index (χ4n) is 1.85. The summed E-state index contributed by atoms with van der Waals surface area (Å²) in [7, 11) is 0. The van der Waals surface area contributed by atoms with E-state index in [4.69, 9.17) is 9.47 Å². The first kappa shape index (κ1) is 11.0. The minimum absolute atomic E-state index is 0.153. The van der Waals surface area contributed by atoms with Gasteiger partial charge in [-0.1, -0.05) is 13.0 Å². The summed E-state index contributed by atoms with van der Waals surface area (Å²) in [6, 6.07) is 3.79. The molecule has 0 atom stereocenters. The lowest BCUT2D eigenvalue weighted by Gasteiger charge is -2.21. The molecule has 0 unspecified atom stereocenters. The van der Waals surface area contributed by atoms with Gasteiger partial charge in [0.15, 0.2) is 17.3 Å². The minimum Gasteiger partial charge on any atom is -0.490 e. The Morgan fingerprint density at radius 3 is 3.00 bits per heavy atom. The molecule has 0 radical (unpaired) electrons. The number of fused-ring (bicyclic) bond motifs is 1. The number of rotatable bonds is 3. The average Bonchev–Trinajstić information content (AvgIpc) is 2.28. The van der Waals surface area contributed by atoms with E-state index in [0.29, 0.717) is 36.7 Å². The van der Waals surface area contributed by atoms with Crippen LogP contribution in [0, 0.1) is 6.92 Å². The standard InChI is InChI=1S/C13H16O3/c1-3-7-15-11-5-4-9(2)12-10(14)6-8-16-13(11)12/h4-5H,3,6-8H2,1-2H3. The lowest BCUT2D eigenvalue weighted by Crippen LogP contribution is -2.17. The number of benzene rings is 1. The van der Waals surface area contributed by atoms with Crippen molar-refractivity contribution in [2.75, 3.05) is 13.2 Å². The van der Waals surface area contributed by atoms with Crippen molar-refractivity contribution in [2.45, 2.75) is 26.7 Å². The fourth-order valence-corrected chi connectivity index (χ4v) is 1.85. The van der Waals surface area contributed by atoms with Crippen LogP contribution in [0.2, 0.25) is 0 Å². The van der Waals surface area contributed by atoms with Crippen LogP contribution in [0.1, 0.15) is 35.7 Å². The molecule has 16 heavy (non-hydrogen) atoms. The first-order chi connectivity index (χ1) is 7.74. The molecule has 0 saturated carbocycles. The zero-order chi connectivity index (χ0) is 11.5. The summed E-state index contributed by atoms with van der Waals surface area (Å²) in [6.45, 7) is 5.08. The Bertz CT molecular complexity index is 410. The summed E-state index contributed by atoms with van der Waals surface area (Å²) in [6.07, 6.45) is 1.40. The Kier molecular flexibility index (Phi) is 3.13. The van der Waals surface area contributed by atoms with Crippen LogP contribution in [-0.2, 0) is 0 Å². The van der Waals surface area contributed by atoms with Crippen LogP contribution in [0.3, 0.4) is 0 Å². The number of hydrogen-bond donors (Lipinski definition) is 0. The average molecular weight is 220 g/mol. The lowest BCUT2D eigenvalue weighted by molar-refractivity contribution is 0.0928. The van der Waals surface area contributed by atoms with Gasteiger partial charge in [0.05, 0.1) is 18.8 Å². The Balaban J connectivity index is 2.41. The Hall–Kier alpha value is -1.51. The van der Waals surface area contributed by atoms with Crippen LogP contribution in [-0.4, -0.2) is 19.0 Å². The first-order valence-corrected chi connectivity index (χ1v) is 5.66. The topological polar surface area (TPSA) is 35.5 Å². The third-order valence-electron chi connectivity index (χ3n) is 2.65. The molecule has 0 fully saturated rings. The van der Waals surface area contributed by atoms with E-state index in [1.165, 1.54) is 0 Å². The number of carbonyl (C=O) groups is 1. The molecule has 0 aromatic heterocycles. The first-order valence-electron chi connectivity index (χ1n) is 5.66. The molecule has 0 amide bonds. The highest BCUT2D eigenvalue weighted by Gasteiger charge is 2.24. The van der Waals surface area contributed by atoms with Gasteiger partial charge >= 0.3 is 0 Å². The van der Waals surface area contributed by atoms with Gasteiger partial charge in [-0.05, 0) is 25.0 Å². The number of ether oxygens (including phenoxy) is 2. The van der Waals surface area contributed by atoms with Gasteiger partial charge in [-0.3, -0.25) is 4.79 Å². The van der Waals surface area contributed by atoms with Gasteiger partial charge in [0.25, 0.3) is 0 Å². The third kappa shape index (κ3) is 1.90. The minimum atomic E-state index is 0.153. The molecule has 86 valence electrons. The van der Waals surface area contributed by atoms with Gasteiger partial charge in [0, 0.05) is 6.42 Å². The second-order valence-electron chi connectivity index (χ2n) is 3.95. The van der Waals surface area contributed by atoms with Crippen molar-refractivity contribution in [1.82, 2.24) is 0 Å². The van der Waals surface area contributed by atoms with Crippen molar-refractivity contribution in [1.29, 1.82) is 0 Å². The maximum absolute atomic E-state index is 11.8. The molecular formula is C13H16O3. The van der Waals surface area contributed by atoms with Gasteiger partial charge in [-0.2, -0.15) is 0 Å². The van der Waals surface area contributed by atoms with Crippen molar-refractivity contribution in [2.24, 2.45) is 0 Å². The van der Waals surface area contributed by atoms with Gasteiger partial charge in [-0.25, -0.2) is 0 Å². The zero-order valence-corrected chi connectivity index (χ0v) is 9.71. The monoisotopic (exact) mass is 220 g/mol. The molecule has 3 nitrogen and oxygen atoms in total. The Morgan fingerprint density at radius 2 is 2.25 bits per heavy atom. The van der Waals surface area contributed by atoms with E-state index in [1.807, 2.05) is 26.0 Å². The third-order valence-corrected chi connectivity index (χ3v) is 2.65. The Labute approximate surface area is 95.4 Å². The number of carbonyl (C=O) groups excluding carboxylic acids is 1. The van der Waals surface area contributed by atoms with Crippen molar-refractivity contribution in [3.8, 4) is 11.5 Å². The summed E-state index contributed by atoms with van der Waals surface area (Å²) in [5.41, 5.74) is 1.66. The maximum Gasteiger partial charge on any atom is 0.172 e. The summed E-state index contributed by atoms with van der Waals surface area (Å²) in [5, 5.41) is 0. The molecule has 1 aromatic rings. The second-order valence-corrected chi connectivity index (χ2v) is 3.95. The van der Waals surface area contributed by atoms with Crippen molar-refractivity contribution in [3.63, 3.8) is 0 Å². The molecule has 2 rings (SSSR count). The van der Waals surface area contributed by atoms with Gasteiger partial charge in [0.1, 0.15) is 0 Å². The van der Waals surface area contributed by atoms with Crippen molar-refractivity contribution >= 4 is 5.78 Å². The summed E-state index contributed by atoms with van der Waals surface area (Å²) < 4.78 is 11.1. The van der Waals surface area contributed by atoms with E-state index < -0.39 is 0 Å². The molecule has 0 aliphatic carbocycles. The van der Waals surface area contributed by atoms with E-state index in [-0.39, 0.29) is 5.78 Å². The summed E-state index contributed by atoms with van der Waals surface area (Å²) in [5.74, 6) is 1.47. The van der Waals surface area contributed by atoms with Gasteiger partial charge < -0.3 is 9.47 Å². The lowest BCUT2D eigenvalue weighted by atomic mass is 9.99. The molecule has 1 heterocycles. The van der Waals surface area contributed by atoms with Crippen LogP contribution in [0.15, 0.2) is 12.1 Å².